The average molecular weight is 337 g/mol. The highest BCUT2D eigenvalue weighted by atomic mass is 16.2. The molecule has 6 nitrogen and oxygen atoms in total. The lowest BCUT2D eigenvalue weighted by molar-refractivity contribution is 0.0787. The number of carbonyl (C=O) groups excluding carboxylic acids is 1. The monoisotopic (exact) mass is 337 g/mol. The van der Waals surface area contributed by atoms with Crippen LogP contribution in [0.25, 0.3) is 0 Å². The summed E-state index contributed by atoms with van der Waals surface area (Å²) >= 11 is 0. The molecule has 1 aromatic carbocycles. The molecule has 0 spiro atoms. The van der Waals surface area contributed by atoms with Gasteiger partial charge in [0, 0.05) is 43.8 Å². The molecule has 2 aromatic rings. The Morgan fingerprint density at radius 1 is 0.920 bits per heavy atom. The first-order chi connectivity index (χ1) is 12.3. The first-order valence-electron chi connectivity index (χ1n) is 9.04. The SMILES string of the molecule is O=C(c1ccnc(Nc2ccc(N3CCCC3)cc2)n1)N1CCCC1. The third kappa shape index (κ3) is 3.57. The topological polar surface area (TPSA) is 61.4 Å². The van der Waals surface area contributed by atoms with Gasteiger partial charge in [0.05, 0.1) is 0 Å². The second kappa shape index (κ2) is 7.09. The zero-order chi connectivity index (χ0) is 17.1. The Labute approximate surface area is 147 Å². The zero-order valence-corrected chi connectivity index (χ0v) is 14.3. The summed E-state index contributed by atoms with van der Waals surface area (Å²) in [6.07, 6.45) is 6.32. The molecule has 130 valence electrons. The third-order valence-electron chi connectivity index (χ3n) is 4.86. The molecule has 2 aliphatic heterocycles. The average Bonchev–Trinajstić information content (AvgIpc) is 3.36. The summed E-state index contributed by atoms with van der Waals surface area (Å²) in [5, 5.41) is 3.20. The van der Waals surface area contributed by atoms with Gasteiger partial charge < -0.3 is 15.1 Å². The standard InChI is InChI=1S/C19H23N5O/c25-18(24-13-3-4-14-24)17-9-10-20-19(22-17)21-15-5-7-16(8-6-15)23-11-1-2-12-23/h5-10H,1-4,11-14H2,(H,20,21,22). The van der Waals surface area contributed by atoms with Gasteiger partial charge in [-0.3, -0.25) is 4.79 Å². The van der Waals surface area contributed by atoms with Gasteiger partial charge in [0.25, 0.3) is 5.91 Å². The molecule has 0 atom stereocenters. The molecule has 3 heterocycles. The maximum absolute atomic E-state index is 12.4. The van der Waals surface area contributed by atoms with E-state index in [1.54, 1.807) is 12.3 Å². The lowest BCUT2D eigenvalue weighted by Crippen LogP contribution is -2.28. The quantitative estimate of drug-likeness (QED) is 0.929. The molecule has 1 amide bonds. The minimum Gasteiger partial charge on any atom is -0.372 e. The minimum atomic E-state index is -0.00710. The number of anilines is 3. The highest BCUT2D eigenvalue weighted by molar-refractivity contribution is 5.92. The largest absolute Gasteiger partial charge is 0.372 e. The van der Waals surface area contributed by atoms with Crippen LogP contribution in [0, 0.1) is 0 Å². The molecular formula is C19H23N5O. The van der Waals surface area contributed by atoms with E-state index in [2.05, 4.69) is 32.3 Å². The van der Waals surface area contributed by atoms with E-state index < -0.39 is 0 Å². The molecule has 25 heavy (non-hydrogen) atoms. The predicted octanol–water partition coefficient (Wildman–Crippen LogP) is 3.06. The zero-order valence-electron chi connectivity index (χ0n) is 14.3. The summed E-state index contributed by atoms with van der Waals surface area (Å²) in [7, 11) is 0. The molecule has 2 fully saturated rings. The van der Waals surface area contributed by atoms with E-state index >= 15 is 0 Å². The second-order valence-electron chi connectivity index (χ2n) is 6.63. The number of likely N-dealkylation sites (tertiary alicyclic amines) is 1. The van der Waals surface area contributed by atoms with Crippen molar-refractivity contribution in [3.63, 3.8) is 0 Å². The van der Waals surface area contributed by atoms with Gasteiger partial charge in [-0.2, -0.15) is 0 Å². The number of nitrogens with one attached hydrogen (secondary N) is 1. The minimum absolute atomic E-state index is 0.00710. The van der Waals surface area contributed by atoms with Crippen LogP contribution in [-0.2, 0) is 0 Å². The summed E-state index contributed by atoms with van der Waals surface area (Å²) in [5.41, 5.74) is 2.63. The maximum atomic E-state index is 12.4. The van der Waals surface area contributed by atoms with Crippen LogP contribution in [0.15, 0.2) is 36.5 Å². The molecule has 0 bridgehead atoms. The van der Waals surface area contributed by atoms with Gasteiger partial charge in [-0.05, 0) is 56.0 Å². The first kappa shape index (κ1) is 15.9. The van der Waals surface area contributed by atoms with Crippen LogP contribution >= 0.6 is 0 Å². The van der Waals surface area contributed by atoms with E-state index in [-0.39, 0.29) is 5.91 Å². The molecule has 0 unspecified atom stereocenters. The van der Waals surface area contributed by atoms with Crippen molar-refractivity contribution < 1.29 is 4.79 Å². The molecule has 1 aromatic heterocycles. The Morgan fingerprint density at radius 2 is 1.60 bits per heavy atom. The Morgan fingerprint density at radius 3 is 2.32 bits per heavy atom. The van der Waals surface area contributed by atoms with E-state index in [9.17, 15) is 4.79 Å². The van der Waals surface area contributed by atoms with Crippen molar-refractivity contribution in [2.45, 2.75) is 25.7 Å². The Bertz CT molecular complexity index is 734. The van der Waals surface area contributed by atoms with Gasteiger partial charge >= 0.3 is 0 Å². The highest BCUT2D eigenvalue weighted by Gasteiger charge is 2.21. The lowest BCUT2D eigenvalue weighted by atomic mass is 10.2. The molecule has 0 saturated carbocycles. The summed E-state index contributed by atoms with van der Waals surface area (Å²) in [6.45, 7) is 3.92. The van der Waals surface area contributed by atoms with Gasteiger partial charge in [-0.1, -0.05) is 0 Å². The fourth-order valence-corrected chi connectivity index (χ4v) is 3.48. The summed E-state index contributed by atoms with van der Waals surface area (Å²) < 4.78 is 0. The number of hydrogen-bond donors (Lipinski definition) is 1. The fraction of sp³-hybridized carbons (Fsp3) is 0.421. The highest BCUT2D eigenvalue weighted by Crippen LogP contribution is 2.23. The van der Waals surface area contributed by atoms with Crippen LogP contribution in [0.5, 0.6) is 0 Å². The number of amides is 1. The lowest BCUT2D eigenvalue weighted by Gasteiger charge is -2.18. The summed E-state index contributed by atoms with van der Waals surface area (Å²) in [5.74, 6) is 0.450. The van der Waals surface area contributed by atoms with Crippen LogP contribution < -0.4 is 10.2 Å². The van der Waals surface area contributed by atoms with Crippen LogP contribution in [0.3, 0.4) is 0 Å². The number of rotatable bonds is 4. The molecule has 2 saturated heterocycles. The van der Waals surface area contributed by atoms with Gasteiger partial charge in [0.2, 0.25) is 5.95 Å². The van der Waals surface area contributed by atoms with Crippen LogP contribution in [0.4, 0.5) is 17.3 Å². The van der Waals surface area contributed by atoms with E-state index in [1.807, 2.05) is 17.0 Å². The van der Waals surface area contributed by atoms with E-state index in [4.69, 9.17) is 0 Å². The Hall–Kier alpha value is -2.63. The molecule has 6 heteroatoms. The van der Waals surface area contributed by atoms with Crippen molar-refractivity contribution >= 4 is 23.2 Å². The third-order valence-corrected chi connectivity index (χ3v) is 4.86. The van der Waals surface area contributed by atoms with Crippen molar-refractivity contribution in [2.75, 3.05) is 36.4 Å². The van der Waals surface area contributed by atoms with Gasteiger partial charge in [-0.25, -0.2) is 9.97 Å². The molecular weight excluding hydrogens is 314 g/mol. The van der Waals surface area contributed by atoms with Crippen molar-refractivity contribution in [1.29, 1.82) is 0 Å². The van der Waals surface area contributed by atoms with Gasteiger partial charge in [0.15, 0.2) is 0 Å². The fourth-order valence-electron chi connectivity index (χ4n) is 3.48. The Kier molecular flexibility index (Phi) is 4.50. The predicted molar refractivity (Wildman–Crippen MR) is 98.3 cm³/mol. The second-order valence-corrected chi connectivity index (χ2v) is 6.63. The molecule has 4 rings (SSSR count). The molecule has 0 radical (unpaired) electrons. The summed E-state index contributed by atoms with van der Waals surface area (Å²) in [4.78, 5) is 25.3. The van der Waals surface area contributed by atoms with Crippen molar-refractivity contribution in [3.8, 4) is 0 Å². The van der Waals surface area contributed by atoms with Gasteiger partial charge in [0.1, 0.15) is 5.69 Å². The molecule has 1 N–H and O–H groups in total. The van der Waals surface area contributed by atoms with Crippen molar-refractivity contribution in [1.82, 2.24) is 14.9 Å². The van der Waals surface area contributed by atoms with E-state index in [0.717, 1.165) is 44.7 Å². The van der Waals surface area contributed by atoms with Gasteiger partial charge in [-0.15, -0.1) is 0 Å². The smallest absolute Gasteiger partial charge is 0.272 e. The van der Waals surface area contributed by atoms with Crippen LogP contribution in [0.1, 0.15) is 36.2 Å². The molecule has 0 aliphatic carbocycles. The molecule has 2 aliphatic rings. The van der Waals surface area contributed by atoms with E-state index in [0.29, 0.717) is 11.6 Å². The Balaban J connectivity index is 1.45. The summed E-state index contributed by atoms with van der Waals surface area (Å²) in [6, 6.07) is 9.99. The number of hydrogen-bond acceptors (Lipinski definition) is 5. The number of carbonyl (C=O) groups is 1. The van der Waals surface area contributed by atoms with E-state index in [1.165, 1.54) is 18.5 Å². The first-order valence-corrected chi connectivity index (χ1v) is 9.04. The number of benzene rings is 1. The van der Waals surface area contributed by atoms with Crippen LogP contribution in [0.2, 0.25) is 0 Å². The maximum Gasteiger partial charge on any atom is 0.272 e. The van der Waals surface area contributed by atoms with Crippen LogP contribution in [-0.4, -0.2) is 47.0 Å². The number of nitrogens with zero attached hydrogens (tertiary/aromatic N) is 4. The number of aromatic nitrogens is 2. The normalized spacial score (nSPS) is 17.1. The van der Waals surface area contributed by atoms with Crippen molar-refractivity contribution in [3.05, 3.63) is 42.2 Å². The van der Waals surface area contributed by atoms with Crippen molar-refractivity contribution in [2.24, 2.45) is 0 Å².